The van der Waals surface area contributed by atoms with Crippen molar-refractivity contribution in [3.05, 3.63) is 47.0 Å². The maximum atomic E-state index is 13.3. The first kappa shape index (κ1) is 22.5. The highest BCUT2D eigenvalue weighted by molar-refractivity contribution is 7.17. The smallest absolute Gasteiger partial charge is 0.348 e. The Labute approximate surface area is 168 Å². The van der Waals surface area contributed by atoms with Crippen LogP contribution in [0, 0.1) is 5.82 Å². The highest BCUT2D eigenvalue weighted by atomic mass is 32.1. The summed E-state index contributed by atoms with van der Waals surface area (Å²) >= 11 is 1.15. The number of thiophene rings is 1. The molecule has 0 radical (unpaired) electrons. The van der Waals surface area contributed by atoms with Crippen molar-refractivity contribution in [2.24, 2.45) is 0 Å². The quantitative estimate of drug-likeness (QED) is 0.574. The lowest BCUT2D eigenvalue weighted by atomic mass is 10.1. The molecule has 0 aromatic carbocycles. The molecule has 0 saturated heterocycles. The Morgan fingerprint density at radius 2 is 1.97 bits per heavy atom. The predicted octanol–water partition coefficient (Wildman–Crippen LogP) is 4.72. The minimum absolute atomic E-state index is 0.0369. The fourth-order valence-corrected chi connectivity index (χ4v) is 3.11. The van der Waals surface area contributed by atoms with E-state index in [-0.39, 0.29) is 11.6 Å². The molecule has 0 fully saturated rings. The van der Waals surface area contributed by atoms with Crippen LogP contribution in [0.1, 0.15) is 42.9 Å². The molecule has 0 bridgehead atoms. The van der Waals surface area contributed by atoms with Gasteiger partial charge in [-0.15, -0.1) is 11.3 Å². The molecule has 1 atom stereocenters. The Bertz CT molecular complexity index is 976. The molecule has 11 heteroatoms. The summed E-state index contributed by atoms with van der Waals surface area (Å²) < 4.78 is 50.8. The lowest BCUT2D eigenvalue weighted by Crippen LogP contribution is -2.34. The van der Waals surface area contributed by atoms with Gasteiger partial charge in [-0.25, -0.2) is 14.4 Å². The number of carbonyl (C=O) groups excluding carboxylic acids is 1. The fraction of sp³-hybridized carbons (Fsp3) is 0.333. The number of carbonyl (C=O) groups is 1. The Morgan fingerprint density at radius 1 is 1.24 bits per heavy atom. The van der Waals surface area contributed by atoms with Gasteiger partial charge < -0.3 is 10.6 Å². The van der Waals surface area contributed by atoms with Crippen LogP contribution in [0.5, 0.6) is 0 Å². The SMILES string of the molecule is CC.CC(Nc1nc(C(=O)NCC(F)(F)F)c2sccc2n1)c1cncc(F)c1. The van der Waals surface area contributed by atoms with Gasteiger partial charge in [-0.3, -0.25) is 9.78 Å². The van der Waals surface area contributed by atoms with E-state index in [0.717, 1.165) is 17.5 Å². The molecule has 3 aromatic heterocycles. The number of anilines is 1. The minimum atomic E-state index is -4.53. The van der Waals surface area contributed by atoms with Crippen molar-refractivity contribution in [2.45, 2.75) is 33.0 Å². The summed E-state index contributed by atoms with van der Waals surface area (Å²) in [5.74, 6) is -1.43. The highest BCUT2D eigenvalue weighted by Crippen LogP contribution is 2.25. The number of alkyl halides is 3. The number of hydrogen-bond donors (Lipinski definition) is 2. The van der Waals surface area contributed by atoms with E-state index in [4.69, 9.17) is 0 Å². The number of nitrogens with zero attached hydrogens (tertiary/aromatic N) is 3. The van der Waals surface area contributed by atoms with Crippen LogP contribution in [0.4, 0.5) is 23.5 Å². The van der Waals surface area contributed by atoms with Crippen molar-refractivity contribution >= 4 is 33.4 Å². The second-order valence-corrected chi connectivity index (χ2v) is 6.55. The Balaban J connectivity index is 0.00000145. The predicted molar refractivity (Wildman–Crippen MR) is 103 cm³/mol. The van der Waals surface area contributed by atoms with Crippen molar-refractivity contribution in [3.63, 3.8) is 0 Å². The third-order valence-corrected chi connectivity index (χ3v) is 4.45. The van der Waals surface area contributed by atoms with Crippen LogP contribution in [-0.4, -0.2) is 33.6 Å². The molecule has 0 aliphatic heterocycles. The average molecular weight is 429 g/mol. The Kier molecular flexibility index (Phi) is 7.43. The summed E-state index contributed by atoms with van der Waals surface area (Å²) in [6.07, 6.45) is -2.01. The molecular weight excluding hydrogens is 410 g/mol. The van der Waals surface area contributed by atoms with E-state index in [0.29, 0.717) is 15.8 Å². The summed E-state index contributed by atoms with van der Waals surface area (Å²) in [6, 6.07) is 2.46. The van der Waals surface area contributed by atoms with Gasteiger partial charge in [0.1, 0.15) is 12.4 Å². The van der Waals surface area contributed by atoms with Crippen molar-refractivity contribution in [1.82, 2.24) is 20.3 Å². The molecule has 3 aromatic rings. The van der Waals surface area contributed by atoms with E-state index >= 15 is 0 Å². The zero-order valence-corrected chi connectivity index (χ0v) is 16.7. The molecule has 156 valence electrons. The van der Waals surface area contributed by atoms with Gasteiger partial charge in [-0.05, 0) is 30.0 Å². The van der Waals surface area contributed by atoms with Crippen LogP contribution in [0.15, 0.2) is 29.9 Å². The topological polar surface area (TPSA) is 79.8 Å². The molecule has 0 aliphatic rings. The molecule has 3 heterocycles. The van der Waals surface area contributed by atoms with Crippen LogP contribution >= 0.6 is 11.3 Å². The summed E-state index contributed by atoms with van der Waals surface area (Å²) in [7, 11) is 0. The van der Waals surface area contributed by atoms with Crippen LogP contribution in [-0.2, 0) is 0 Å². The normalized spacial score (nSPS) is 12.1. The van der Waals surface area contributed by atoms with E-state index in [9.17, 15) is 22.4 Å². The van der Waals surface area contributed by atoms with Crippen LogP contribution < -0.4 is 10.6 Å². The van der Waals surface area contributed by atoms with E-state index < -0.39 is 30.5 Å². The van der Waals surface area contributed by atoms with Crippen molar-refractivity contribution in [3.8, 4) is 0 Å². The minimum Gasteiger partial charge on any atom is -0.348 e. The molecule has 0 aliphatic carbocycles. The van der Waals surface area contributed by atoms with Crippen LogP contribution in [0.25, 0.3) is 10.2 Å². The van der Waals surface area contributed by atoms with E-state index in [2.05, 4.69) is 20.3 Å². The zero-order chi connectivity index (χ0) is 21.6. The third-order valence-electron chi connectivity index (χ3n) is 3.54. The van der Waals surface area contributed by atoms with Gasteiger partial charge in [-0.1, -0.05) is 13.8 Å². The number of amides is 1. The van der Waals surface area contributed by atoms with E-state index in [1.165, 1.54) is 12.3 Å². The molecule has 3 rings (SSSR count). The summed E-state index contributed by atoms with van der Waals surface area (Å²) in [6.45, 7) is 4.25. The third kappa shape index (κ3) is 6.08. The molecule has 2 N–H and O–H groups in total. The molecule has 6 nitrogen and oxygen atoms in total. The van der Waals surface area contributed by atoms with Gasteiger partial charge in [0.05, 0.1) is 22.5 Å². The molecule has 0 saturated carbocycles. The Hall–Kier alpha value is -2.82. The number of rotatable bonds is 5. The first-order valence-electron chi connectivity index (χ1n) is 8.70. The zero-order valence-electron chi connectivity index (χ0n) is 15.8. The van der Waals surface area contributed by atoms with Gasteiger partial charge >= 0.3 is 6.18 Å². The van der Waals surface area contributed by atoms with Gasteiger partial charge in [-0.2, -0.15) is 13.2 Å². The van der Waals surface area contributed by atoms with Crippen molar-refractivity contribution < 1.29 is 22.4 Å². The molecule has 29 heavy (non-hydrogen) atoms. The van der Waals surface area contributed by atoms with Crippen molar-refractivity contribution in [1.29, 1.82) is 0 Å². The number of fused-ring (bicyclic) bond motifs is 1. The first-order chi connectivity index (χ1) is 13.7. The monoisotopic (exact) mass is 429 g/mol. The summed E-state index contributed by atoms with van der Waals surface area (Å²) in [5.41, 5.74) is 0.776. The molecular formula is C18H19F4N5OS. The second-order valence-electron chi connectivity index (χ2n) is 5.63. The number of hydrogen-bond acceptors (Lipinski definition) is 6. The molecule has 1 unspecified atom stereocenters. The summed E-state index contributed by atoms with van der Waals surface area (Å²) in [5, 5.41) is 6.37. The van der Waals surface area contributed by atoms with E-state index in [1.807, 2.05) is 13.8 Å². The Morgan fingerprint density at radius 3 is 2.62 bits per heavy atom. The fourth-order valence-electron chi connectivity index (χ4n) is 2.29. The number of halogens is 4. The average Bonchev–Trinajstić information content (AvgIpc) is 3.15. The number of aromatic nitrogens is 3. The maximum absolute atomic E-state index is 13.3. The standard InChI is InChI=1S/C16H13F4N5OS.C2H6/c1-8(9-4-10(17)6-21-5-9)23-15-24-11-2-3-27-13(11)12(25-15)14(26)22-7-16(18,19)20;1-2/h2-6,8H,7H2,1H3,(H,22,26)(H,23,24,25);1-2H3. The highest BCUT2D eigenvalue weighted by Gasteiger charge is 2.29. The van der Waals surface area contributed by atoms with Gasteiger partial charge in [0, 0.05) is 6.20 Å². The molecule has 1 amide bonds. The van der Waals surface area contributed by atoms with Gasteiger partial charge in [0.15, 0.2) is 5.69 Å². The lowest BCUT2D eigenvalue weighted by Gasteiger charge is -2.15. The largest absolute Gasteiger partial charge is 0.405 e. The van der Waals surface area contributed by atoms with Gasteiger partial charge in [0.2, 0.25) is 5.95 Å². The van der Waals surface area contributed by atoms with Crippen molar-refractivity contribution in [2.75, 3.05) is 11.9 Å². The summed E-state index contributed by atoms with van der Waals surface area (Å²) in [4.78, 5) is 24.2. The second kappa shape index (κ2) is 9.59. The maximum Gasteiger partial charge on any atom is 0.405 e. The number of nitrogens with one attached hydrogen (secondary N) is 2. The van der Waals surface area contributed by atoms with Crippen LogP contribution in [0.3, 0.4) is 0 Å². The van der Waals surface area contributed by atoms with Crippen LogP contribution in [0.2, 0.25) is 0 Å². The molecule has 0 spiro atoms. The lowest BCUT2D eigenvalue weighted by molar-refractivity contribution is -0.123. The van der Waals surface area contributed by atoms with Gasteiger partial charge in [0.25, 0.3) is 5.91 Å². The first-order valence-corrected chi connectivity index (χ1v) is 9.58. The van der Waals surface area contributed by atoms with E-state index in [1.54, 1.807) is 23.7 Å². The number of pyridine rings is 1.